The molecule has 0 unspecified atom stereocenters. The summed E-state index contributed by atoms with van der Waals surface area (Å²) in [7, 11) is 0. The van der Waals surface area contributed by atoms with E-state index < -0.39 is 0 Å². The van der Waals surface area contributed by atoms with E-state index in [1.807, 2.05) is 11.3 Å². The molecule has 0 bridgehead atoms. The normalized spacial score (nSPS) is 12.2. The molecule has 0 fully saturated rings. The molecule has 0 atom stereocenters. The van der Waals surface area contributed by atoms with E-state index in [0.717, 1.165) is 0 Å². The molecule has 246 valence electrons. The lowest BCUT2D eigenvalue weighted by atomic mass is 10.00. The van der Waals surface area contributed by atoms with Crippen LogP contribution in [-0.4, -0.2) is 9.13 Å². The molecule has 0 aliphatic carbocycles. The van der Waals surface area contributed by atoms with Crippen LogP contribution in [0.4, 0.5) is 0 Å². The van der Waals surface area contributed by atoms with Gasteiger partial charge in [0.15, 0.2) is 0 Å². The molecule has 2 nitrogen and oxygen atoms in total. The van der Waals surface area contributed by atoms with Gasteiger partial charge in [-0.05, 0) is 87.9 Å². The number of para-hydroxylation sites is 1. The predicted octanol–water partition coefficient (Wildman–Crippen LogP) is 14.2. The lowest BCUT2D eigenvalue weighted by Gasteiger charge is -2.12. The Morgan fingerprint density at radius 2 is 0.830 bits per heavy atom. The number of thiophene rings is 1. The average Bonchev–Trinajstić information content (AvgIpc) is 3.87. The SMILES string of the molecule is c1ccc2cc3c(cc2c1)c1cc(-c2ccc4c(c2)c2ccccc2n4-c2cccc4ccccc24)ccc1n3-c1cccc2c1sc1ccccc12. The maximum atomic E-state index is 2.50. The van der Waals surface area contributed by atoms with E-state index in [1.165, 1.54) is 108 Å². The molecule has 0 N–H and O–H groups in total. The second-order valence-electron chi connectivity index (χ2n) is 14.1. The van der Waals surface area contributed by atoms with Gasteiger partial charge in [0.05, 0.1) is 38.1 Å². The molecule has 12 rings (SSSR count). The van der Waals surface area contributed by atoms with Gasteiger partial charge in [0.25, 0.3) is 0 Å². The largest absolute Gasteiger partial charge is 0.309 e. The lowest BCUT2D eigenvalue weighted by molar-refractivity contribution is 1.20. The fraction of sp³-hybridized carbons (Fsp3) is 0. The Hall–Kier alpha value is -6.68. The molecule has 12 aromatic rings. The molecule has 0 aliphatic rings. The molecule has 0 saturated carbocycles. The first kappa shape index (κ1) is 29.0. The molecule has 9 aromatic carbocycles. The van der Waals surface area contributed by atoms with Crippen molar-refractivity contribution in [3.63, 3.8) is 0 Å². The minimum absolute atomic E-state index is 1.21. The standard InChI is InChI=1S/C50H30N2S/c1-2-13-33-30-48-42(27-32(33)12-1)41-29-35(24-26-46(41)52(48)47-21-10-18-39-38-17-6-8-22-49(38)53-50(39)47)34-23-25-45-40(28-34)37-16-5-7-19-44(37)51(45)43-20-9-14-31-11-3-4-15-36(31)43/h1-30H. The first-order valence-electron chi connectivity index (χ1n) is 18.2. The van der Waals surface area contributed by atoms with Crippen molar-refractivity contribution in [2.45, 2.75) is 0 Å². The maximum absolute atomic E-state index is 2.50. The van der Waals surface area contributed by atoms with E-state index in [0.29, 0.717) is 0 Å². The summed E-state index contributed by atoms with van der Waals surface area (Å²) in [5, 5.41) is 12.7. The highest BCUT2D eigenvalue weighted by molar-refractivity contribution is 7.26. The van der Waals surface area contributed by atoms with Gasteiger partial charge in [0.2, 0.25) is 0 Å². The molecule has 53 heavy (non-hydrogen) atoms. The zero-order valence-corrected chi connectivity index (χ0v) is 29.4. The van der Waals surface area contributed by atoms with E-state index in [1.54, 1.807) is 0 Å². The number of fused-ring (bicyclic) bond motifs is 11. The fourth-order valence-electron chi connectivity index (χ4n) is 8.87. The summed E-state index contributed by atoms with van der Waals surface area (Å²) in [4.78, 5) is 0. The summed E-state index contributed by atoms with van der Waals surface area (Å²) in [6.07, 6.45) is 0. The number of benzene rings is 9. The topological polar surface area (TPSA) is 9.86 Å². The highest BCUT2D eigenvalue weighted by atomic mass is 32.1. The third kappa shape index (κ3) is 4.14. The van der Waals surface area contributed by atoms with Crippen molar-refractivity contribution in [3.8, 4) is 22.5 Å². The number of hydrogen-bond donors (Lipinski definition) is 0. The molecular weight excluding hydrogens is 661 g/mol. The van der Waals surface area contributed by atoms with Gasteiger partial charge in [-0.15, -0.1) is 11.3 Å². The fourth-order valence-corrected chi connectivity index (χ4v) is 10.1. The van der Waals surface area contributed by atoms with Crippen molar-refractivity contribution in [2.24, 2.45) is 0 Å². The Labute approximate surface area is 309 Å². The van der Waals surface area contributed by atoms with Crippen molar-refractivity contribution in [1.29, 1.82) is 0 Å². The zero-order chi connectivity index (χ0) is 34.6. The van der Waals surface area contributed by atoms with Crippen molar-refractivity contribution in [1.82, 2.24) is 9.13 Å². The number of aromatic nitrogens is 2. The van der Waals surface area contributed by atoms with E-state index >= 15 is 0 Å². The maximum Gasteiger partial charge on any atom is 0.0640 e. The second kappa shape index (κ2) is 10.9. The molecule has 0 radical (unpaired) electrons. The first-order valence-corrected chi connectivity index (χ1v) is 19.0. The van der Waals surface area contributed by atoms with Crippen LogP contribution in [0.25, 0.3) is 108 Å². The van der Waals surface area contributed by atoms with Crippen LogP contribution < -0.4 is 0 Å². The third-order valence-electron chi connectivity index (χ3n) is 11.3. The molecule has 0 spiro atoms. The second-order valence-corrected chi connectivity index (χ2v) is 15.2. The zero-order valence-electron chi connectivity index (χ0n) is 28.6. The monoisotopic (exact) mass is 690 g/mol. The molecule has 0 saturated heterocycles. The Morgan fingerprint density at radius 3 is 1.64 bits per heavy atom. The molecule has 0 amide bonds. The summed E-state index contributed by atoms with van der Waals surface area (Å²) in [6, 6.07) is 67.3. The quantitative estimate of drug-likeness (QED) is 0.175. The van der Waals surface area contributed by atoms with Crippen molar-refractivity contribution in [2.75, 3.05) is 0 Å². The highest BCUT2D eigenvalue weighted by Gasteiger charge is 2.19. The third-order valence-corrected chi connectivity index (χ3v) is 12.5. The van der Waals surface area contributed by atoms with Gasteiger partial charge < -0.3 is 9.13 Å². The summed E-state index contributed by atoms with van der Waals surface area (Å²) < 4.78 is 7.57. The molecule has 3 heteroatoms. The van der Waals surface area contributed by atoms with E-state index in [2.05, 4.69) is 191 Å². The van der Waals surface area contributed by atoms with Gasteiger partial charge in [-0.1, -0.05) is 121 Å². The van der Waals surface area contributed by atoms with Gasteiger partial charge in [0.1, 0.15) is 0 Å². The molecule has 3 heterocycles. The van der Waals surface area contributed by atoms with Crippen molar-refractivity contribution in [3.05, 3.63) is 182 Å². The number of nitrogens with zero attached hydrogens (tertiary/aromatic N) is 2. The van der Waals surface area contributed by atoms with E-state index in [4.69, 9.17) is 0 Å². The number of rotatable bonds is 3. The minimum atomic E-state index is 1.21. The van der Waals surface area contributed by atoms with Gasteiger partial charge >= 0.3 is 0 Å². The van der Waals surface area contributed by atoms with Gasteiger partial charge in [0, 0.05) is 42.4 Å². The van der Waals surface area contributed by atoms with E-state index in [9.17, 15) is 0 Å². The molecule has 0 aliphatic heterocycles. The van der Waals surface area contributed by atoms with Gasteiger partial charge in [-0.25, -0.2) is 0 Å². The van der Waals surface area contributed by atoms with Crippen LogP contribution >= 0.6 is 11.3 Å². The Balaban J connectivity index is 1.11. The summed E-state index contributed by atoms with van der Waals surface area (Å²) in [5.41, 5.74) is 9.75. The summed E-state index contributed by atoms with van der Waals surface area (Å²) >= 11 is 1.89. The van der Waals surface area contributed by atoms with Gasteiger partial charge in [-0.3, -0.25) is 0 Å². The first-order chi connectivity index (χ1) is 26.3. The van der Waals surface area contributed by atoms with Crippen LogP contribution in [0.3, 0.4) is 0 Å². The minimum Gasteiger partial charge on any atom is -0.309 e. The van der Waals surface area contributed by atoms with Crippen molar-refractivity contribution < 1.29 is 0 Å². The summed E-state index contributed by atoms with van der Waals surface area (Å²) in [5.74, 6) is 0. The Kier molecular flexibility index (Phi) is 5.96. The molecule has 3 aromatic heterocycles. The lowest BCUT2D eigenvalue weighted by Crippen LogP contribution is -1.95. The van der Waals surface area contributed by atoms with Crippen LogP contribution in [0, 0.1) is 0 Å². The number of hydrogen-bond acceptors (Lipinski definition) is 1. The average molecular weight is 691 g/mol. The Bertz CT molecular complexity index is 3460. The summed E-state index contributed by atoms with van der Waals surface area (Å²) in [6.45, 7) is 0. The van der Waals surface area contributed by atoms with Crippen LogP contribution in [0.1, 0.15) is 0 Å². The highest BCUT2D eigenvalue weighted by Crippen LogP contribution is 2.43. The van der Waals surface area contributed by atoms with Crippen LogP contribution in [-0.2, 0) is 0 Å². The Morgan fingerprint density at radius 1 is 0.302 bits per heavy atom. The predicted molar refractivity (Wildman–Crippen MR) is 228 cm³/mol. The van der Waals surface area contributed by atoms with E-state index in [-0.39, 0.29) is 0 Å². The molecular formula is C50H30N2S. The van der Waals surface area contributed by atoms with Crippen LogP contribution in [0.15, 0.2) is 182 Å². The van der Waals surface area contributed by atoms with Crippen LogP contribution in [0.2, 0.25) is 0 Å². The smallest absolute Gasteiger partial charge is 0.0640 e. The van der Waals surface area contributed by atoms with Crippen molar-refractivity contribution >= 4 is 96.7 Å². The van der Waals surface area contributed by atoms with Gasteiger partial charge in [-0.2, -0.15) is 0 Å². The van der Waals surface area contributed by atoms with Crippen LogP contribution in [0.5, 0.6) is 0 Å².